The molecule has 2 N–H and O–H groups in total. The zero-order valence-corrected chi connectivity index (χ0v) is 14.4. The van der Waals surface area contributed by atoms with Crippen LogP contribution in [0.25, 0.3) is 0 Å². The van der Waals surface area contributed by atoms with Crippen LogP contribution in [0.15, 0.2) is 41.4 Å². The first-order valence-electron chi connectivity index (χ1n) is 7.80. The van der Waals surface area contributed by atoms with Gasteiger partial charge in [0.15, 0.2) is 11.0 Å². The first kappa shape index (κ1) is 17.5. The molecule has 130 valence electrons. The minimum Gasteiger partial charge on any atom is -0.379 e. The van der Waals surface area contributed by atoms with Gasteiger partial charge in [-0.2, -0.15) is 4.39 Å². The summed E-state index contributed by atoms with van der Waals surface area (Å²) in [6, 6.07) is 8.58. The standard InChI is InChI=1S/C18H17F2N3OS/c1-18(7-8-25-17(21)23-18)12-9-11(5-6-13(12)19)10-15(24)14-3-2-4-16(20)22-14/h2-6,9H,7-8,10H2,1H3,(H2,21,23)/t18-/m0/s1. The number of benzene rings is 1. The fourth-order valence-electron chi connectivity index (χ4n) is 2.82. The van der Waals surface area contributed by atoms with Crippen molar-refractivity contribution < 1.29 is 13.6 Å². The number of pyridine rings is 1. The van der Waals surface area contributed by atoms with Crippen LogP contribution in [0.1, 0.15) is 35.0 Å². The number of hydrogen-bond donors (Lipinski definition) is 1. The molecule has 0 spiro atoms. The minimum absolute atomic E-state index is 0.00770. The molecule has 1 aromatic heterocycles. The van der Waals surface area contributed by atoms with Gasteiger partial charge in [0.2, 0.25) is 5.95 Å². The molecule has 0 saturated carbocycles. The monoisotopic (exact) mass is 361 g/mol. The van der Waals surface area contributed by atoms with E-state index in [0.717, 1.165) is 5.75 Å². The van der Waals surface area contributed by atoms with E-state index in [1.54, 1.807) is 12.1 Å². The zero-order valence-electron chi connectivity index (χ0n) is 13.6. The summed E-state index contributed by atoms with van der Waals surface area (Å²) >= 11 is 1.44. The van der Waals surface area contributed by atoms with Gasteiger partial charge in [-0.25, -0.2) is 9.37 Å². The molecule has 25 heavy (non-hydrogen) atoms. The summed E-state index contributed by atoms with van der Waals surface area (Å²) in [5.74, 6) is -0.667. The molecule has 1 aromatic carbocycles. The number of carbonyl (C=O) groups is 1. The van der Waals surface area contributed by atoms with Crippen LogP contribution in [0.3, 0.4) is 0 Å². The van der Waals surface area contributed by atoms with Crippen LogP contribution in [0.4, 0.5) is 8.78 Å². The van der Waals surface area contributed by atoms with Crippen molar-refractivity contribution in [3.05, 3.63) is 65.0 Å². The van der Waals surface area contributed by atoms with Crippen LogP contribution in [-0.2, 0) is 12.0 Å². The molecule has 0 saturated heterocycles. The largest absolute Gasteiger partial charge is 0.379 e. The smallest absolute Gasteiger partial charge is 0.213 e. The number of ketones is 1. The molecular weight excluding hydrogens is 344 g/mol. The average Bonchev–Trinajstić information content (AvgIpc) is 2.56. The Bertz CT molecular complexity index is 856. The summed E-state index contributed by atoms with van der Waals surface area (Å²) in [4.78, 5) is 20.3. The van der Waals surface area contributed by atoms with Gasteiger partial charge in [-0.15, -0.1) is 0 Å². The summed E-state index contributed by atoms with van der Waals surface area (Å²) in [6.07, 6.45) is 0.659. The van der Waals surface area contributed by atoms with Gasteiger partial charge in [0.1, 0.15) is 11.5 Å². The third-order valence-electron chi connectivity index (χ3n) is 4.17. The van der Waals surface area contributed by atoms with Gasteiger partial charge in [-0.05, 0) is 43.2 Å². The van der Waals surface area contributed by atoms with E-state index in [9.17, 15) is 13.6 Å². The summed E-state index contributed by atoms with van der Waals surface area (Å²) in [6.45, 7) is 1.83. The molecule has 2 heterocycles. The summed E-state index contributed by atoms with van der Waals surface area (Å²) in [5, 5.41) is 0.429. The zero-order chi connectivity index (χ0) is 18.0. The number of aromatic nitrogens is 1. The van der Waals surface area contributed by atoms with Crippen molar-refractivity contribution in [3.63, 3.8) is 0 Å². The van der Waals surface area contributed by atoms with Gasteiger partial charge in [-0.3, -0.25) is 9.79 Å². The van der Waals surface area contributed by atoms with Crippen LogP contribution in [0.2, 0.25) is 0 Å². The number of aliphatic imine (C=N–C) groups is 1. The Labute approximate surface area is 148 Å². The van der Waals surface area contributed by atoms with Gasteiger partial charge in [0.25, 0.3) is 0 Å². The van der Waals surface area contributed by atoms with Crippen LogP contribution in [0.5, 0.6) is 0 Å². The maximum atomic E-state index is 14.4. The fraction of sp³-hybridized carbons (Fsp3) is 0.278. The lowest BCUT2D eigenvalue weighted by Crippen LogP contribution is -2.29. The highest BCUT2D eigenvalue weighted by Crippen LogP contribution is 2.36. The minimum atomic E-state index is -0.754. The Kier molecular flexibility index (Phi) is 4.85. The van der Waals surface area contributed by atoms with Gasteiger partial charge < -0.3 is 5.73 Å². The number of carbonyl (C=O) groups excluding carboxylic acids is 1. The van der Waals surface area contributed by atoms with Crippen molar-refractivity contribution in [1.82, 2.24) is 4.98 Å². The highest BCUT2D eigenvalue weighted by Gasteiger charge is 2.32. The second-order valence-electron chi connectivity index (χ2n) is 6.08. The maximum absolute atomic E-state index is 14.4. The van der Waals surface area contributed by atoms with E-state index in [4.69, 9.17) is 5.73 Å². The molecule has 1 aliphatic heterocycles. The second-order valence-corrected chi connectivity index (χ2v) is 7.20. The van der Waals surface area contributed by atoms with E-state index in [1.807, 2.05) is 6.92 Å². The summed E-state index contributed by atoms with van der Waals surface area (Å²) in [7, 11) is 0. The third-order valence-corrected chi connectivity index (χ3v) is 4.97. The Balaban J connectivity index is 1.89. The van der Waals surface area contributed by atoms with E-state index < -0.39 is 11.5 Å². The van der Waals surface area contributed by atoms with E-state index in [2.05, 4.69) is 9.98 Å². The van der Waals surface area contributed by atoms with E-state index in [-0.39, 0.29) is 23.7 Å². The predicted molar refractivity (Wildman–Crippen MR) is 94.7 cm³/mol. The van der Waals surface area contributed by atoms with Crippen LogP contribution >= 0.6 is 11.8 Å². The predicted octanol–water partition coefficient (Wildman–Crippen LogP) is 3.45. The number of hydrogen-bond acceptors (Lipinski definition) is 5. The Morgan fingerprint density at radius 1 is 1.32 bits per heavy atom. The Morgan fingerprint density at radius 3 is 2.84 bits per heavy atom. The summed E-state index contributed by atoms with van der Waals surface area (Å²) in [5.41, 5.74) is 6.13. The number of thioether (sulfide) groups is 1. The number of nitrogens with zero attached hydrogens (tertiary/aromatic N) is 2. The molecule has 1 aliphatic rings. The van der Waals surface area contributed by atoms with E-state index >= 15 is 0 Å². The van der Waals surface area contributed by atoms with Gasteiger partial charge in [-0.1, -0.05) is 23.9 Å². The maximum Gasteiger partial charge on any atom is 0.213 e. The van der Waals surface area contributed by atoms with Crippen molar-refractivity contribution in [1.29, 1.82) is 0 Å². The van der Waals surface area contributed by atoms with Crippen LogP contribution in [0, 0.1) is 11.8 Å². The van der Waals surface area contributed by atoms with Crippen molar-refractivity contribution in [2.45, 2.75) is 25.3 Å². The lowest BCUT2D eigenvalue weighted by Gasteiger charge is -2.30. The molecule has 3 rings (SSSR count). The fourth-order valence-corrected chi connectivity index (χ4v) is 3.79. The summed E-state index contributed by atoms with van der Waals surface area (Å²) < 4.78 is 27.5. The normalized spacial score (nSPS) is 20.2. The Hall–Kier alpha value is -2.28. The number of rotatable bonds is 4. The first-order chi connectivity index (χ1) is 11.9. The average molecular weight is 361 g/mol. The Morgan fingerprint density at radius 2 is 2.12 bits per heavy atom. The molecule has 2 aromatic rings. The number of Topliss-reactive ketones (excluding diaryl/α,β-unsaturated/α-hetero) is 1. The van der Waals surface area contributed by atoms with Crippen LogP contribution < -0.4 is 5.73 Å². The number of halogens is 2. The van der Waals surface area contributed by atoms with Gasteiger partial charge >= 0.3 is 0 Å². The highest BCUT2D eigenvalue weighted by molar-refractivity contribution is 8.13. The highest BCUT2D eigenvalue weighted by atomic mass is 32.2. The van der Waals surface area contributed by atoms with Crippen molar-refractivity contribution in [2.75, 3.05) is 5.75 Å². The molecule has 0 aliphatic carbocycles. The molecule has 0 fully saturated rings. The van der Waals surface area contributed by atoms with Crippen LogP contribution in [-0.4, -0.2) is 21.7 Å². The quantitative estimate of drug-likeness (QED) is 0.669. The molecule has 1 atom stereocenters. The molecule has 0 radical (unpaired) electrons. The number of amidine groups is 1. The SMILES string of the molecule is C[C@@]1(c2cc(CC(=O)c3cccc(F)n3)ccc2F)CCSC(N)=N1. The molecule has 0 unspecified atom stereocenters. The number of nitrogens with two attached hydrogens (primary N) is 1. The molecule has 7 heteroatoms. The second kappa shape index (κ2) is 6.92. The topological polar surface area (TPSA) is 68.3 Å². The van der Waals surface area contributed by atoms with Crippen molar-refractivity contribution in [2.24, 2.45) is 10.7 Å². The molecule has 4 nitrogen and oxygen atoms in total. The molecule has 0 bridgehead atoms. The first-order valence-corrected chi connectivity index (χ1v) is 8.79. The van der Waals surface area contributed by atoms with Gasteiger partial charge in [0.05, 0.1) is 5.54 Å². The van der Waals surface area contributed by atoms with E-state index in [1.165, 1.54) is 36.0 Å². The molecule has 0 amide bonds. The lowest BCUT2D eigenvalue weighted by atomic mass is 9.87. The van der Waals surface area contributed by atoms with Gasteiger partial charge in [0, 0.05) is 17.7 Å². The van der Waals surface area contributed by atoms with Crippen molar-refractivity contribution in [3.8, 4) is 0 Å². The van der Waals surface area contributed by atoms with Crippen molar-refractivity contribution >= 4 is 22.7 Å². The lowest BCUT2D eigenvalue weighted by molar-refractivity contribution is 0.0987. The third kappa shape index (κ3) is 3.87. The molecular formula is C18H17F2N3OS. The van der Waals surface area contributed by atoms with E-state index in [0.29, 0.717) is 22.7 Å².